The van der Waals surface area contributed by atoms with Gasteiger partial charge in [0.05, 0.1) is 11.3 Å². The fourth-order valence-corrected chi connectivity index (χ4v) is 2.68. The van der Waals surface area contributed by atoms with Crippen molar-refractivity contribution < 1.29 is 14.3 Å². The highest BCUT2D eigenvalue weighted by Crippen LogP contribution is 2.64. The number of esters is 1. The third kappa shape index (κ3) is 3.30. The Hall–Kier alpha value is -1.48. The highest BCUT2D eigenvalue weighted by Gasteiger charge is 2.69. The first-order chi connectivity index (χ1) is 10.2. The van der Waals surface area contributed by atoms with E-state index in [1.165, 1.54) is 18.2 Å². The van der Waals surface area contributed by atoms with E-state index in [0.29, 0.717) is 5.02 Å². The predicted octanol–water partition coefficient (Wildman–Crippen LogP) is 3.28. The molecule has 1 atom stereocenters. The standard InChI is InChI=1S/C14H11Cl3N2O3/c1-13(7-14(13,16)17)12(21)22-6-11(20)19-10-4-9(15)3-2-8(10)5-18/h2-4H,6-7H2,1H3,(H,19,20)/t13-/m0/s1. The van der Waals surface area contributed by atoms with Crippen LogP contribution in [0.2, 0.25) is 5.02 Å². The lowest BCUT2D eigenvalue weighted by atomic mass is 10.1. The molecule has 1 aliphatic carbocycles. The van der Waals surface area contributed by atoms with Crippen molar-refractivity contribution >= 4 is 52.4 Å². The third-order valence-electron chi connectivity index (χ3n) is 3.42. The van der Waals surface area contributed by atoms with Crippen molar-refractivity contribution in [1.29, 1.82) is 5.26 Å². The van der Waals surface area contributed by atoms with Crippen LogP contribution in [0.15, 0.2) is 18.2 Å². The van der Waals surface area contributed by atoms with E-state index < -0.39 is 28.2 Å². The number of amides is 1. The SMILES string of the molecule is C[C@@]1(C(=O)OCC(=O)Nc2cc(Cl)ccc2C#N)CC1(Cl)Cl. The Bertz CT molecular complexity index is 684. The molecule has 8 heteroatoms. The van der Waals surface area contributed by atoms with Crippen LogP contribution in [0.25, 0.3) is 0 Å². The van der Waals surface area contributed by atoms with Gasteiger partial charge in [0.15, 0.2) is 6.61 Å². The Morgan fingerprint density at radius 1 is 1.45 bits per heavy atom. The largest absolute Gasteiger partial charge is 0.455 e. The molecule has 0 spiro atoms. The van der Waals surface area contributed by atoms with Crippen LogP contribution in [-0.2, 0) is 14.3 Å². The number of nitriles is 1. The summed E-state index contributed by atoms with van der Waals surface area (Å²) in [6.45, 7) is 1.06. The maximum atomic E-state index is 11.8. The zero-order valence-electron chi connectivity index (χ0n) is 11.5. The monoisotopic (exact) mass is 360 g/mol. The molecule has 1 saturated carbocycles. The first-order valence-electron chi connectivity index (χ1n) is 6.24. The minimum absolute atomic E-state index is 0.248. The van der Waals surface area contributed by atoms with Crippen molar-refractivity contribution in [3.8, 4) is 6.07 Å². The summed E-state index contributed by atoms with van der Waals surface area (Å²) in [6.07, 6.45) is 0.274. The van der Waals surface area contributed by atoms with E-state index in [4.69, 9.17) is 44.8 Å². The van der Waals surface area contributed by atoms with E-state index in [1.807, 2.05) is 6.07 Å². The molecule has 1 N–H and O–H groups in total. The number of halogens is 3. The van der Waals surface area contributed by atoms with Crippen LogP contribution in [0.4, 0.5) is 5.69 Å². The van der Waals surface area contributed by atoms with E-state index in [1.54, 1.807) is 6.92 Å². The van der Waals surface area contributed by atoms with Gasteiger partial charge in [-0.2, -0.15) is 5.26 Å². The molecule has 0 unspecified atom stereocenters. The Morgan fingerprint density at radius 3 is 2.64 bits per heavy atom. The molecule has 0 saturated heterocycles. The van der Waals surface area contributed by atoms with Gasteiger partial charge in [-0.05, 0) is 25.1 Å². The molecule has 0 aromatic heterocycles. The minimum Gasteiger partial charge on any atom is -0.455 e. The summed E-state index contributed by atoms with van der Waals surface area (Å²) >= 11 is 17.5. The zero-order chi connectivity index (χ0) is 16.5. The first-order valence-corrected chi connectivity index (χ1v) is 7.37. The number of carbonyl (C=O) groups is 2. The summed E-state index contributed by atoms with van der Waals surface area (Å²) in [5.74, 6) is -1.23. The minimum atomic E-state index is -1.15. The van der Waals surface area contributed by atoms with Gasteiger partial charge in [-0.25, -0.2) is 0 Å². The molecular weight excluding hydrogens is 351 g/mol. The second-order valence-corrected chi connectivity index (χ2v) is 7.06. The summed E-state index contributed by atoms with van der Waals surface area (Å²) in [5, 5.41) is 11.8. The van der Waals surface area contributed by atoms with E-state index >= 15 is 0 Å². The van der Waals surface area contributed by atoms with Gasteiger partial charge in [0, 0.05) is 11.4 Å². The number of hydrogen-bond acceptors (Lipinski definition) is 4. The predicted molar refractivity (Wildman–Crippen MR) is 82.9 cm³/mol. The van der Waals surface area contributed by atoms with Crippen LogP contribution in [0, 0.1) is 16.7 Å². The molecule has 0 heterocycles. The molecule has 5 nitrogen and oxygen atoms in total. The van der Waals surface area contributed by atoms with Crippen molar-refractivity contribution in [1.82, 2.24) is 0 Å². The number of benzene rings is 1. The highest BCUT2D eigenvalue weighted by atomic mass is 35.5. The van der Waals surface area contributed by atoms with E-state index in [0.717, 1.165) is 0 Å². The summed E-state index contributed by atoms with van der Waals surface area (Å²) < 4.78 is 3.76. The number of alkyl halides is 2. The number of carbonyl (C=O) groups excluding carboxylic acids is 2. The average molecular weight is 362 g/mol. The van der Waals surface area contributed by atoms with E-state index in [2.05, 4.69) is 5.32 Å². The Balaban J connectivity index is 1.94. The van der Waals surface area contributed by atoms with Gasteiger partial charge in [-0.15, -0.1) is 23.2 Å². The number of rotatable bonds is 4. The third-order valence-corrected chi connectivity index (χ3v) is 4.76. The Labute approximate surface area is 142 Å². The molecule has 1 aliphatic rings. The van der Waals surface area contributed by atoms with Gasteiger partial charge in [-0.3, -0.25) is 9.59 Å². The van der Waals surface area contributed by atoms with Gasteiger partial charge in [0.1, 0.15) is 15.8 Å². The molecule has 1 aromatic rings. The molecule has 22 heavy (non-hydrogen) atoms. The lowest BCUT2D eigenvalue weighted by Crippen LogP contribution is -2.27. The van der Waals surface area contributed by atoms with Gasteiger partial charge in [-0.1, -0.05) is 11.6 Å². The fourth-order valence-electron chi connectivity index (χ4n) is 1.82. The maximum absolute atomic E-state index is 11.8. The average Bonchev–Trinajstić information content (AvgIpc) is 2.96. The molecular formula is C14H11Cl3N2O3. The van der Waals surface area contributed by atoms with Crippen LogP contribution in [-0.4, -0.2) is 22.8 Å². The smallest absolute Gasteiger partial charge is 0.315 e. The first kappa shape index (κ1) is 16.9. The topological polar surface area (TPSA) is 79.2 Å². The van der Waals surface area contributed by atoms with Crippen molar-refractivity contribution in [2.24, 2.45) is 5.41 Å². The van der Waals surface area contributed by atoms with E-state index in [9.17, 15) is 9.59 Å². The van der Waals surface area contributed by atoms with Crippen molar-refractivity contribution in [3.63, 3.8) is 0 Å². The van der Waals surface area contributed by atoms with Crippen molar-refractivity contribution in [2.75, 3.05) is 11.9 Å². The Morgan fingerprint density at radius 2 is 2.09 bits per heavy atom. The van der Waals surface area contributed by atoms with Crippen molar-refractivity contribution in [2.45, 2.75) is 17.7 Å². The van der Waals surface area contributed by atoms with Crippen LogP contribution >= 0.6 is 34.8 Å². The Kier molecular flexibility index (Phi) is 4.57. The number of ether oxygens (including phenoxy) is 1. The lowest BCUT2D eigenvalue weighted by Gasteiger charge is -2.12. The van der Waals surface area contributed by atoms with Gasteiger partial charge in [0.25, 0.3) is 5.91 Å². The summed E-state index contributed by atoms with van der Waals surface area (Å²) in [4.78, 5) is 23.6. The molecule has 116 valence electrons. The molecule has 0 radical (unpaired) electrons. The van der Waals surface area contributed by atoms with Gasteiger partial charge >= 0.3 is 5.97 Å². The normalized spacial score (nSPS) is 21.6. The highest BCUT2D eigenvalue weighted by molar-refractivity contribution is 6.53. The van der Waals surface area contributed by atoms with E-state index in [-0.39, 0.29) is 17.7 Å². The van der Waals surface area contributed by atoms with Crippen LogP contribution in [0.5, 0.6) is 0 Å². The fraction of sp³-hybridized carbons (Fsp3) is 0.357. The van der Waals surface area contributed by atoms with Crippen molar-refractivity contribution in [3.05, 3.63) is 28.8 Å². The molecule has 1 aromatic carbocycles. The number of nitrogens with zero attached hydrogens (tertiary/aromatic N) is 1. The molecule has 0 aliphatic heterocycles. The summed E-state index contributed by atoms with van der Waals surface area (Å²) in [7, 11) is 0. The maximum Gasteiger partial charge on any atom is 0.315 e. The van der Waals surface area contributed by atoms with Gasteiger partial charge in [0.2, 0.25) is 0 Å². The second-order valence-electron chi connectivity index (χ2n) is 5.14. The summed E-state index contributed by atoms with van der Waals surface area (Å²) in [5.41, 5.74) is -0.499. The number of hydrogen-bond donors (Lipinski definition) is 1. The molecule has 0 bridgehead atoms. The number of anilines is 1. The lowest BCUT2D eigenvalue weighted by molar-refractivity contribution is -0.152. The zero-order valence-corrected chi connectivity index (χ0v) is 13.7. The second kappa shape index (κ2) is 5.96. The molecule has 1 amide bonds. The van der Waals surface area contributed by atoms with Crippen LogP contribution in [0.1, 0.15) is 18.9 Å². The number of nitrogens with one attached hydrogen (secondary N) is 1. The quantitative estimate of drug-likeness (QED) is 0.659. The van der Waals surface area contributed by atoms with Crippen LogP contribution < -0.4 is 5.32 Å². The van der Waals surface area contributed by atoms with Gasteiger partial charge < -0.3 is 10.1 Å². The summed E-state index contributed by atoms with van der Waals surface area (Å²) in [6, 6.07) is 6.37. The van der Waals surface area contributed by atoms with Crippen LogP contribution in [0.3, 0.4) is 0 Å². The molecule has 1 fully saturated rings. The molecule has 2 rings (SSSR count).